The molecular formula is C27H25FN4O4. The van der Waals surface area contributed by atoms with Gasteiger partial charge in [-0.05, 0) is 35.9 Å². The highest BCUT2D eigenvalue weighted by molar-refractivity contribution is 5.97. The molecule has 0 unspecified atom stereocenters. The van der Waals surface area contributed by atoms with Gasteiger partial charge in [-0.15, -0.1) is 0 Å². The quantitative estimate of drug-likeness (QED) is 0.296. The van der Waals surface area contributed by atoms with Crippen LogP contribution < -0.4 is 15.2 Å². The van der Waals surface area contributed by atoms with E-state index in [2.05, 4.69) is 4.90 Å². The highest BCUT2D eigenvalue weighted by Gasteiger charge is 2.31. The largest absolute Gasteiger partial charge is 0.494 e. The molecule has 1 fully saturated rings. The van der Waals surface area contributed by atoms with Crippen molar-refractivity contribution in [3.63, 3.8) is 0 Å². The number of hydrogen-bond donors (Lipinski definition) is 0. The first-order valence-corrected chi connectivity index (χ1v) is 11.6. The van der Waals surface area contributed by atoms with Gasteiger partial charge >= 0.3 is 11.2 Å². The Labute approximate surface area is 206 Å². The average Bonchev–Trinajstić information content (AvgIpc) is 2.89. The monoisotopic (exact) mass is 488 g/mol. The van der Waals surface area contributed by atoms with E-state index in [9.17, 15) is 19.3 Å². The maximum atomic E-state index is 14.1. The smallest absolute Gasteiger partial charge is 0.358 e. The van der Waals surface area contributed by atoms with E-state index in [-0.39, 0.29) is 5.75 Å². The van der Waals surface area contributed by atoms with E-state index in [1.807, 2.05) is 41.3 Å². The number of benzene rings is 3. The van der Waals surface area contributed by atoms with Crippen LogP contribution in [-0.4, -0.2) is 47.7 Å². The third-order valence-electron chi connectivity index (χ3n) is 6.54. The summed E-state index contributed by atoms with van der Waals surface area (Å²) in [5.74, 6) is -0.206. The van der Waals surface area contributed by atoms with Gasteiger partial charge in [-0.25, -0.2) is 4.39 Å². The summed E-state index contributed by atoms with van der Waals surface area (Å²) in [4.78, 5) is 29.2. The number of hydrogen-bond acceptors (Lipinski definition) is 6. The Morgan fingerprint density at radius 1 is 0.972 bits per heavy atom. The van der Waals surface area contributed by atoms with Gasteiger partial charge in [-0.2, -0.15) is 0 Å². The summed E-state index contributed by atoms with van der Waals surface area (Å²) in [7, 11) is 1.43. The number of rotatable bonds is 6. The highest BCUT2D eigenvalue weighted by Crippen LogP contribution is 2.35. The lowest BCUT2D eigenvalue weighted by atomic mass is 10.1. The zero-order chi connectivity index (χ0) is 25.2. The SMILES string of the molecule is COc1ccc(CN2CCN(c3c([N+](=O)[O-])c(=O)n(-c4ccccc4)c4ccccc34)CC2)cc1F. The van der Waals surface area contributed by atoms with Gasteiger partial charge < -0.3 is 9.64 Å². The Bertz CT molecular complexity index is 1480. The molecule has 0 radical (unpaired) electrons. The lowest BCUT2D eigenvalue weighted by Gasteiger charge is -2.36. The minimum atomic E-state index is -0.656. The van der Waals surface area contributed by atoms with Crippen molar-refractivity contribution in [2.75, 3.05) is 38.2 Å². The fourth-order valence-corrected chi connectivity index (χ4v) is 4.83. The number of para-hydroxylation sites is 2. The van der Waals surface area contributed by atoms with E-state index in [1.165, 1.54) is 17.7 Å². The Kier molecular flexibility index (Phi) is 6.39. The van der Waals surface area contributed by atoms with E-state index in [0.29, 0.717) is 55.0 Å². The summed E-state index contributed by atoms with van der Waals surface area (Å²) in [6.45, 7) is 2.77. The molecule has 5 rings (SSSR count). The standard InChI is InChI=1S/C27H25FN4O4/c1-36-24-12-11-19(17-22(24)28)18-29-13-15-30(16-14-29)25-21-9-5-6-10-23(21)31(20-7-3-2-4-8-20)27(33)26(25)32(34)35/h2-12,17H,13-16,18H2,1H3. The molecule has 184 valence electrons. The van der Waals surface area contributed by atoms with Gasteiger partial charge in [0.2, 0.25) is 0 Å². The Balaban J connectivity index is 1.49. The molecule has 8 nitrogen and oxygen atoms in total. The van der Waals surface area contributed by atoms with Crippen molar-refractivity contribution in [1.82, 2.24) is 9.47 Å². The van der Waals surface area contributed by atoms with Crippen molar-refractivity contribution in [3.05, 3.63) is 105 Å². The van der Waals surface area contributed by atoms with E-state index in [1.54, 1.807) is 30.3 Å². The molecule has 1 aromatic heterocycles. The van der Waals surface area contributed by atoms with Gasteiger partial charge in [0.15, 0.2) is 11.6 Å². The Hall–Kier alpha value is -4.24. The minimum absolute atomic E-state index is 0.202. The van der Waals surface area contributed by atoms with E-state index >= 15 is 0 Å². The molecule has 1 saturated heterocycles. The average molecular weight is 489 g/mol. The third kappa shape index (κ3) is 4.29. The second-order valence-corrected chi connectivity index (χ2v) is 8.68. The molecule has 1 aliphatic rings. The van der Waals surface area contributed by atoms with Gasteiger partial charge in [-0.3, -0.25) is 24.4 Å². The molecule has 0 aliphatic carbocycles. The molecule has 36 heavy (non-hydrogen) atoms. The fourth-order valence-electron chi connectivity index (χ4n) is 4.83. The highest BCUT2D eigenvalue weighted by atomic mass is 19.1. The molecule has 0 spiro atoms. The van der Waals surface area contributed by atoms with Crippen LogP contribution in [0.4, 0.5) is 15.8 Å². The van der Waals surface area contributed by atoms with Gasteiger partial charge in [0.1, 0.15) is 5.69 Å². The summed E-state index contributed by atoms with van der Waals surface area (Å²) < 4.78 is 20.5. The maximum Gasteiger partial charge on any atom is 0.358 e. The van der Waals surface area contributed by atoms with Crippen molar-refractivity contribution in [3.8, 4) is 11.4 Å². The molecular weight excluding hydrogens is 463 g/mol. The van der Waals surface area contributed by atoms with Crippen molar-refractivity contribution in [2.45, 2.75) is 6.54 Å². The van der Waals surface area contributed by atoms with Crippen molar-refractivity contribution in [1.29, 1.82) is 0 Å². The van der Waals surface area contributed by atoms with Crippen LogP contribution in [0.1, 0.15) is 5.56 Å². The molecule has 0 amide bonds. The summed E-state index contributed by atoms with van der Waals surface area (Å²) in [5.41, 5.74) is 1.28. The molecule has 4 aromatic rings. The maximum absolute atomic E-state index is 14.1. The second kappa shape index (κ2) is 9.79. The van der Waals surface area contributed by atoms with Crippen LogP contribution in [0.15, 0.2) is 77.6 Å². The van der Waals surface area contributed by atoms with Crippen LogP contribution in [-0.2, 0) is 6.54 Å². The first-order chi connectivity index (χ1) is 17.5. The number of fused-ring (bicyclic) bond motifs is 1. The van der Waals surface area contributed by atoms with E-state index < -0.39 is 22.0 Å². The fraction of sp³-hybridized carbons (Fsp3) is 0.222. The molecule has 3 aromatic carbocycles. The predicted octanol–water partition coefficient (Wildman–Crippen LogP) is 4.37. The van der Waals surface area contributed by atoms with Crippen molar-refractivity contribution in [2.24, 2.45) is 0 Å². The summed E-state index contributed by atoms with van der Waals surface area (Å²) in [5, 5.41) is 12.9. The second-order valence-electron chi connectivity index (χ2n) is 8.68. The van der Waals surface area contributed by atoms with E-state index in [4.69, 9.17) is 4.74 Å². The summed E-state index contributed by atoms with van der Waals surface area (Å²) in [6, 6.07) is 21.1. The first kappa shape index (κ1) is 23.5. The number of anilines is 1. The van der Waals surface area contributed by atoms with Crippen molar-refractivity contribution >= 4 is 22.3 Å². The molecule has 0 bridgehead atoms. The Morgan fingerprint density at radius 3 is 2.33 bits per heavy atom. The number of aromatic nitrogens is 1. The number of pyridine rings is 1. The number of piperazine rings is 1. The molecule has 0 N–H and O–H groups in total. The van der Waals surface area contributed by atoms with Crippen LogP contribution in [0.3, 0.4) is 0 Å². The van der Waals surface area contributed by atoms with E-state index in [0.717, 1.165) is 5.56 Å². The zero-order valence-electron chi connectivity index (χ0n) is 19.8. The van der Waals surface area contributed by atoms with Crippen LogP contribution in [0.5, 0.6) is 5.75 Å². The number of methoxy groups -OCH3 is 1. The minimum Gasteiger partial charge on any atom is -0.494 e. The van der Waals surface area contributed by atoms with Gasteiger partial charge in [0.25, 0.3) is 0 Å². The van der Waals surface area contributed by atoms with Crippen molar-refractivity contribution < 1.29 is 14.1 Å². The lowest BCUT2D eigenvalue weighted by Crippen LogP contribution is -2.46. The first-order valence-electron chi connectivity index (χ1n) is 11.6. The molecule has 9 heteroatoms. The van der Waals surface area contributed by atoms with Crippen LogP contribution in [0.25, 0.3) is 16.6 Å². The predicted molar refractivity (Wildman–Crippen MR) is 137 cm³/mol. The molecule has 0 saturated carbocycles. The van der Waals surface area contributed by atoms with Gasteiger partial charge in [0, 0.05) is 43.8 Å². The molecule has 0 atom stereocenters. The molecule has 2 heterocycles. The lowest BCUT2D eigenvalue weighted by molar-refractivity contribution is -0.385. The topological polar surface area (TPSA) is 80.8 Å². The van der Waals surface area contributed by atoms with Crippen LogP contribution in [0, 0.1) is 15.9 Å². The third-order valence-corrected chi connectivity index (χ3v) is 6.54. The summed E-state index contributed by atoms with van der Waals surface area (Å²) in [6.07, 6.45) is 0. The van der Waals surface area contributed by atoms with Gasteiger partial charge in [-0.1, -0.05) is 42.5 Å². The van der Waals surface area contributed by atoms with Crippen LogP contribution in [0.2, 0.25) is 0 Å². The number of nitro groups is 1. The zero-order valence-corrected chi connectivity index (χ0v) is 19.8. The molecule has 1 aliphatic heterocycles. The normalized spacial score (nSPS) is 14.2. The Morgan fingerprint density at radius 2 is 1.67 bits per heavy atom. The number of nitrogens with zero attached hydrogens (tertiary/aromatic N) is 4. The number of ether oxygens (including phenoxy) is 1. The van der Waals surface area contributed by atoms with Crippen LogP contribution >= 0.6 is 0 Å². The number of halogens is 1. The van der Waals surface area contributed by atoms with Gasteiger partial charge in [0.05, 0.1) is 17.5 Å². The summed E-state index contributed by atoms with van der Waals surface area (Å²) >= 11 is 0.